The van der Waals surface area contributed by atoms with E-state index in [1.807, 2.05) is 0 Å². The van der Waals surface area contributed by atoms with Crippen LogP contribution < -0.4 is 16.4 Å². The number of hydrogen-bond donors (Lipinski definition) is 3. The first-order chi connectivity index (χ1) is 8.60. The number of anilines is 1. The maximum absolute atomic E-state index is 11.7. The SMILES string of the molecule is C=CCC(N)C(=O)Nc1ccccc1C(=O)NC. The van der Waals surface area contributed by atoms with Gasteiger partial charge in [0.2, 0.25) is 5.91 Å². The molecular formula is C13H17N3O2. The highest BCUT2D eigenvalue weighted by molar-refractivity contribution is 6.04. The Balaban J connectivity index is 2.87. The molecular weight excluding hydrogens is 230 g/mol. The van der Waals surface area contributed by atoms with E-state index in [-0.39, 0.29) is 11.8 Å². The summed E-state index contributed by atoms with van der Waals surface area (Å²) in [4.78, 5) is 23.4. The number of carbonyl (C=O) groups excluding carboxylic acids is 2. The molecule has 2 amide bonds. The van der Waals surface area contributed by atoms with Crippen LogP contribution in [0.4, 0.5) is 5.69 Å². The van der Waals surface area contributed by atoms with Crippen molar-refractivity contribution >= 4 is 17.5 Å². The van der Waals surface area contributed by atoms with Crippen molar-refractivity contribution < 1.29 is 9.59 Å². The monoisotopic (exact) mass is 247 g/mol. The molecule has 0 aliphatic heterocycles. The summed E-state index contributed by atoms with van der Waals surface area (Å²) in [6.45, 7) is 3.53. The molecule has 0 aliphatic rings. The van der Waals surface area contributed by atoms with Crippen LogP contribution in [0, 0.1) is 0 Å². The van der Waals surface area contributed by atoms with Crippen molar-refractivity contribution in [1.29, 1.82) is 0 Å². The van der Waals surface area contributed by atoms with Gasteiger partial charge in [-0.15, -0.1) is 6.58 Å². The van der Waals surface area contributed by atoms with Crippen LogP contribution in [-0.4, -0.2) is 24.9 Å². The van der Waals surface area contributed by atoms with Gasteiger partial charge < -0.3 is 16.4 Å². The molecule has 1 aromatic rings. The van der Waals surface area contributed by atoms with Crippen LogP contribution in [0.1, 0.15) is 16.8 Å². The third kappa shape index (κ3) is 3.43. The van der Waals surface area contributed by atoms with Gasteiger partial charge in [0, 0.05) is 7.05 Å². The molecule has 0 heterocycles. The van der Waals surface area contributed by atoms with Crippen molar-refractivity contribution in [3.8, 4) is 0 Å². The normalized spacial score (nSPS) is 11.4. The van der Waals surface area contributed by atoms with E-state index in [1.54, 1.807) is 30.3 Å². The summed E-state index contributed by atoms with van der Waals surface area (Å²) in [6.07, 6.45) is 1.96. The highest BCUT2D eigenvalue weighted by atomic mass is 16.2. The van der Waals surface area contributed by atoms with Crippen LogP contribution in [0.15, 0.2) is 36.9 Å². The van der Waals surface area contributed by atoms with E-state index < -0.39 is 6.04 Å². The maximum atomic E-state index is 11.7. The minimum atomic E-state index is -0.666. The Kier molecular flexibility index (Phi) is 5.07. The summed E-state index contributed by atoms with van der Waals surface area (Å²) in [5, 5.41) is 5.15. The van der Waals surface area contributed by atoms with Gasteiger partial charge >= 0.3 is 0 Å². The molecule has 5 nitrogen and oxygen atoms in total. The van der Waals surface area contributed by atoms with E-state index in [9.17, 15) is 9.59 Å². The molecule has 1 aromatic carbocycles. The Morgan fingerprint density at radius 3 is 2.72 bits per heavy atom. The summed E-state index contributed by atoms with van der Waals surface area (Å²) in [7, 11) is 1.53. The zero-order valence-electron chi connectivity index (χ0n) is 10.3. The number of amides is 2. The first-order valence-electron chi connectivity index (χ1n) is 5.58. The molecule has 0 aromatic heterocycles. The van der Waals surface area contributed by atoms with Crippen LogP contribution in [0.3, 0.4) is 0 Å². The summed E-state index contributed by atoms with van der Waals surface area (Å²) < 4.78 is 0. The van der Waals surface area contributed by atoms with E-state index in [1.165, 1.54) is 7.05 Å². The van der Waals surface area contributed by atoms with Gasteiger partial charge in [0.25, 0.3) is 5.91 Å². The highest BCUT2D eigenvalue weighted by Crippen LogP contribution is 2.15. The smallest absolute Gasteiger partial charge is 0.253 e. The van der Waals surface area contributed by atoms with E-state index in [0.717, 1.165) is 0 Å². The quantitative estimate of drug-likeness (QED) is 0.675. The molecule has 5 heteroatoms. The lowest BCUT2D eigenvalue weighted by Crippen LogP contribution is -2.35. The molecule has 0 aliphatic carbocycles. The Bertz CT molecular complexity index is 457. The van der Waals surface area contributed by atoms with Crippen LogP contribution >= 0.6 is 0 Å². The maximum Gasteiger partial charge on any atom is 0.253 e. The first kappa shape index (κ1) is 13.9. The highest BCUT2D eigenvalue weighted by Gasteiger charge is 2.15. The minimum Gasteiger partial charge on any atom is -0.355 e. The van der Waals surface area contributed by atoms with Crippen molar-refractivity contribution in [2.24, 2.45) is 5.73 Å². The van der Waals surface area contributed by atoms with Gasteiger partial charge in [0.15, 0.2) is 0 Å². The molecule has 0 radical (unpaired) electrons. The molecule has 1 rings (SSSR count). The van der Waals surface area contributed by atoms with Crippen molar-refractivity contribution in [3.63, 3.8) is 0 Å². The summed E-state index contributed by atoms with van der Waals surface area (Å²) in [5.41, 5.74) is 6.50. The van der Waals surface area contributed by atoms with Crippen LogP contribution in [0.25, 0.3) is 0 Å². The van der Waals surface area contributed by atoms with Gasteiger partial charge in [-0.05, 0) is 18.6 Å². The summed E-state index contributed by atoms with van der Waals surface area (Å²) in [5.74, 6) is -0.602. The fourth-order valence-corrected chi connectivity index (χ4v) is 1.44. The van der Waals surface area contributed by atoms with Gasteiger partial charge in [-0.1, -0.05) is 18.2 Å². The van der Waals surface area contributed by atoms with Gasteiger partial charge in [0.1, 0.15) is 0 Å². The average Bonchev–Trinajstić information content (AvgIpc) is 2.38. The van der Waals surface area contributed by atoms with E-state index >= 15 is 0 Å². The van der Waals surface area contributed by atoms with E-state index in [2.05, 4.69) is 17.2 Å². The largest absolute Gasteiger partial charge is 0.355 e. The van der Waals surface area contributed by atoms with Crippen molar-refractivity contribution in [2.75, 3.05) is 12.4 Å². The van der Waals surface area contributed by atoms with Crippen LogP contribution in [-0.2, 0) is 4.79 Å². The molecule has 18 heavy (non-hydrogen) atoms. The van der Waals surface area contributed by atoms with E-state index in [4.69, 9.17) is 5.73 Å². The van der Waals surface area contributed by atoms with Crippen molar-refractivity contribution in [1.82, 2.24) is 5.32 Å². The van der Waals surface area contributed by atoms with Crippen molar-refractivity contribution in [2.45, 2.75) is 12.5 Å². The molecule has 0 spiro atoms. The zero-order chi connectivity index (χ0) is 13.5. The lowest BCUT2D eigenvalue weighted by molar-refractivity contribution is -0.117. The fraction of sp³-hybridized carbons (Fsp3) is 0.231. The van der Waals surface area contributed by atoms with Gasteiger partial charge in [-0.2, -0.15) is 0 Å². The predicted molar refractivity (Wildman–Crippen MR) is 71.3 cm³/mol. The molecule has 1 unspecified atom stereocenters. The van der Waals surface area contributed by atoms with Crippen LogP contribution in [0.2, 0.25) is 0 Å². The Labute approximate surface area is 106 Å². The van der Waals surface area contributed by atoms with Gasteiger partial charge in [0.05, 0.1) is 17.3 Å². The Morgan fingerprint density at radius 2 is 2.11 bits per heavy atom. The number of rotatable bonds is 5. The standard InChI is InChI=1S/C13H17N3O2/c1-3-6-10(14)13(18)16-11-8-5-4-7-9(11)12(17)15-2/h3-5,7-8,10H,1,6,14H2,2H3,(H,15,17)(H,16,18). The Morgan fingerprint density at radius 1 is 1.44 bits per heavy atom. The second kappa shape index (κ2) is 6.56. The predicted octanol–water partition coefficient (Wildman–Crippen LogP) is 0.888. The third-order valence-corrected chi connectivity index (χ3v) is 2.41. The number of nitrogens with two attached hydrogens (primary N) is 1. The molecule has 0 saturated heterocycles. The topological polar surface area (TPSA) is 84.2 Å². The third-order valence-electron chi connectivity index (χ3n) is 2.41. The minimum absolute atomic E-state index is 0.261. The molecule has 4 N–H and O–H groups in total. The summed E-state index contributed by atoms with van der Waals surface area (Å²) in [6, 6.07) is 6.09. The van der Waals surface area contributed by atoms with Gasteiger partial charge in [-0.3, -0.25) is 9.59 Å². The lowest BCUT2D eigenvalue weighted by atomic mass is 10.1. The fourth-order valence-electron chi connectivity index (χ4n) is 1.44. The molecule has 1 atom stereocenters. The molecule has 0 fully saturated rings. The number of carbonyl (C=O) groups is 2. The first-order valence-corrected chi connectivity index (χ1v) is 5.58. The molecule has 96 valence electrons. The number of benzene rings is 1. The van der Waals surface area contributed by atoms with Crippen LogP contribution in [0.5, 0.6) is 0 Å². The second-order valence-corrected chi connectivity index (χ2v) is 3.74. The zero-order valence-corrected chi connectivity index (χ0v) is 10.3. The molecule has 0 bridgehead atoms. The van der Waals surface area contributed by atoms with Gasteiger partial charge in [-0.25, -0.2) is 0 Å². The number of nitrogens with one attached hydrogen (secondary N) is 2. The average molecular weight is 247 g/mol. The number of para-hydroxylation sites is 1. The van der Waals surface area contributed by atoms with E-state index in [0.29, 0.717) is 17.7 Å². The Hall–Kier alpha value is -2.14. The van der Waals surface area contributed by atoms with Crippen molar-refractivity contribution in [3.05, 3.63) is 42.5 Å². The number of hydrogen-bond acceptors (Lipinski definition) is 3. The second-order valence-electron chi connectivity index (χ2n) is 3.74. The summed E-state index contributed by atoms with van der Waals surface area (Å²) >= 11 is 0. The molecule has 0 saturated carbocycles. The lowest BCUT2D eigenvalue weighted by Gasteiger charge is -2.13.